The summed E-state index contributed by atoms with van der Waals surface area (Å²) in [7, 11) is 0. The average Bonchev–Trinajstić information content (AvgIpc) is 2.40. The Balaban J connectivity index is 2.39. The van der Waals surface area contributed by atoms with Crippen LogP contribution in [0.25, 0.3) is 16.7 Å². The second-order valence-corrected chi connectivity index (χ2v) is 4.24. The molecule has 0 N–H and O–H groups in total. The van der Waals surface area contributed by atoms with Crippen LogP contribution in [0.15, 0.2) is 60.7 Å². The lowest BCUT2D eigenvalue weighted by Crippen LogP contribution is -1.82. The van der Waals surface area contributed by atoms with Gasteiger partial charge in [0.1, 0.15) is 0 Å². The predicted molar refractivity (Wildman–Crippen MR) is 75.8 cm³/mol. The van der Waals surface area contributed by atoms with Crippen molar-refractivity contribution in [2.45, 2.75) is 20.3 Å². The molecule has 2 aromatic carbocycles. The number of hydrogen-bond acceptors (Lipinski definition) is 0. The summed E-state index contributed by atoms with van der Waals surface area (Å²) in [6.45, 7) is 4.35. The lowest BCUT2D eigenvalue weighted by molar-refractivity contribution is 1.22. The van der Waals surface area contributed by atoms with Gasteiger partial charge in [-0.05, 0) is 41.7 Å². The van der Waals surface area contributed by atoms with E-state index in [1.807, 2.05) is 0 Å². The molecule has 0 saturated carbocycles. The molecule has 0 heteroatoms. The maximum absolute atomic E-state index is 2.27. The van der Waals surface area contributed by atoms with Crippen LogP contribution >= 0.6 is 0 Å². The smallest absolute Gasteiger partial charge is 0.0178 e. The SMILES string of the molecule is CCC=C(C)c1cccc(-c2ccccc2)c1. The first-order chi connectivity index (χ1) is 8.31. The van der Waals surface area contributed by atoms with Gasteiger partial charge in [0.2, 0.25) is 0 Å². The Hall–Kier alpha value is -1.82. The van der Waals surface area contributed by atoms with Crippen molar-refractivity contribution in [1.82, 2.24) is 0 Å². The Morgan fingerprint density at radius 2 is 1.65 bits per heavy atom. The summed E-state index contributed by atoms with van der Waals surface area (Å²) in [5.74, 6) is 0. The molecule has 0 spiro atoms. The molecule has 0 aliphatic carbocycles. The van der Waals surface area contributed by atoms with E-state index in [-0.39, 0.29) is 0 Å². The monoisotopic (exact) mass is 222 g/mol. The summed E-state index contributed by atoms with van der Waals surface area (Å²) in [6, 6.07) is 19.2. The lowest BCUT2D eigenvalue weighted by atomic mass is 9.99. The molecular formula is C17H18. The highest BCUT2D eigenvalue weighted by Crippen LogP contribution is 2.23. The third-order valence-corrected chi connectivity index (χ3v) is 2.94. The largest absolute Gasteiger partial charge is 0.0813 e. The summed E-state index contributed by atoms with van der Waals surface area (Å²) < 4.78 is 0. The summed E-state index contributed by atoms with van der Waals surface area (Å²) in [5.41, 5.74) is 5.23. The Bertz CT molecular complexity index is 507. The number of hydrogen-bond donors (Lipinski definition) is 0. The summed E-state index contributed by atoms with van der Waals surface area (Å²) in [4.78, 5) is 0. The van der Waals surface area contributed by atoms with Crippen LogP contribution in [0.4, 0.5) is 0 Å². The van der Waals surface area contributed by atoms with Gasteiger partial charge >= 0.3 is 0 Å². The molecule has 2 rings (SSSR count). The van der Waals surface area contributed by atoms with Crippen LogP contribution < -0.4 is 0 Å². The minimum Gasteiger partial charge on any atom is -0.0813 e. The third-order valence-electron chi connectivity index (χ3n) is 2.94. The predicted octanol–water partition coefficient (Wildman–Crippen LogP) is 5.17. The van der Waals surface area contributed by atoms with Crippen molar-refractivity contribution in [1.29, 1.82) is 0 Å². The molecular weight excluding hydrogens is 204 g/mol. The van der Waals surface area contributed by atoms with Gasteiger partial charge in [0.15, 0.2) is 0 Å². The Morgan fingerprint density at radius 3 is 2.35 bits per heavy atom. The van der Waals surface area contributed by atoms with Crippen LogP contribution in [0.5, 0.6) is 0 Å². The highest BCUT2D eigenvalue weighted by Gasteiger charge is 1.99. The topological polar surface area (TPSA) is 0 Å². The van der Waals surface area contributed by atoms with Crippen molar-refractivity contribution in [3.8, 4) is 11.1 Å². The quantitative estimate of drug-likeness (QED) is 0.672. The van der Waals surface area contributed by atoms with E-state index in [2.05, 4.69) is 74.5 Å². The molecule has 0 aromatic heterocycles. The minimum atomic E-state index is 1.08. The van der Waals surface area contributed by atoms with E-state index in [1.54, 1.807) is 0 Å². The Kier molecular flexibility index (Phi) is 3.77. The highest BCUT2D eigenvalue weighted by molar-refractivity contribution is 5.71. The van der Waals surface area contributed by atoms with Crippen LogP contribution in [0.2, 0.25) is 0 Å². The van der Waals surface area contributed by atoms with E-state index >= 15 is 0 Å². The van der Waals surface area contributed by atoms with Crippen LogP contribution in [0.3, 0.4) is 0 Å². The first kappa shape index (κ1) is 11.7. The van der Waals surface area contributed by atoms with Gasteiger partial charge in [-0.1, -0.05) is 61.5 Å². The summed E-state index contributed by atoms with van der Waals surface area (Å²) >= 11 is 0. The van der Waals surface area contributed by atoms with Gasteiger partial charge in [0.25, 0.3) is 0 Å². The van der Waals surface area contributed by atoms with Gasteiger partial charge < -0.3 is 0 Å². The molecule has 0 bridgehead atoms. The Labute approximate surface area is 104 Å². The average molecular weight is 222 g/mol. The first-order valence-corrected chi connectivity index (χ1v) is 6.14. The van der Waals surface area contributed by atoms with Gasteiger partial charge in [0, 0.05) is 0 Å². The third kappa shape index (κ3) is 2.85. The van der Waals surface area contributed by atoms with Gasteiger partial charge in [-0.3, -0.25) is 0 Å². The van der Waals surface area contributed by atoms with Crippen molar-refractivity contribution in [2.24, 2.45) is 0 Å². The van der Waals surface area contributed by atoms with Crippen LogP contribution in [0.1, 0.15) is 25.8 Å². The molecule has 0 unspecified atom stereocenters. The van der Waals surface area contributed by atoms with Crippen molar-refractivity contribution >= 4 is 5.57 Å². The molecule has 2 aromatic rings. The molecule has 0 atom stereocenters. The van der Waals surface area contributed by atoms with Gasteiger partial charge in [-0.25, -0.2) is 0 Å². The summed E-state index contributed by atoms with van der Waals surface area (Å²) in [6.07, 6.45) is 3.35. The van der Waals surface area contributed by atoms with Crippen molar-refractivity contribution in [3.05, 3.63) is 66.2 Å². The second-order valence-electron chi connectivity index (χ2n) is 4.24. The Morgan fingerprint density at radius 1 is 0.941 bits per heavy atom. The zero-order valence-corrected chi connectivity index (χ0v) is 10.5. The van der Waals surface area contributed by atoms with Gasteiger partial charge in [-0.2, -0.15) is 0 Å². The van der Waals surface area contributed by atoms with E-state index in [0.29, 0.717) is 0 Å². The van der Waals surface area contributed by atoms with Crippen LogP contribution in [-0.2, 0) is 0 Å². The number of allylic oxidation sites excluding steroid dienone is 2. The molecule has 0 nitrogen and oxygen atoms in total. The molecule has 0 saturated heterocycles. The van der Waals surface area contributed by atoms with E-state index in [0.717, 1.165) is 6.42 Å². The van der Waals surface area contributed by atoms with E-state index in [1.165, 1.54) is 22.3 Å². The van der Waals surface area contributed by atoms with Crippen LogP contribution in [-0.4, -0.2) is 0 Å². The van der Waals surface area contributed by atoms with Crippen molar-refractivity contribution in [2.75, 3.05) is 0 Å². The molecule has 0 amide bonds. The molecule has 17 heavy (non-hydrogen) atoms. The summed E-state index contributed by atoms with van der Waals surface area (Å²) in [5, 5.41) is 0. The fraction of sp³-hybridized carbons (Fsp3) is 0.176. The molecule has 86 valence electrons. The first-order valence-electron chi connectivity index (χ1n) is 6.14. The standard InChI is InChI=1S/C17H18/c1-3-8-14(2)16-11-7-12-17(13-16)15-9-5-4-6-10-15/h4-13H,3H2,1-2H3. The zero-order chi connectivity index (χ0) is 12.1. The van der Waals surface area contributed by atoms with E-state index in [9.17, 15) is 0 Å². The second kappa shape index (κ2) is 5.49. The molecule has 0 aliphatic rings. The fourth-order valence-electron chi connectivity index (χ4n) is 2.00. The number of benzene rings is 2. The maximum Gasteiger partial charge on any atom is -0.0178 e. The zero-order valence-electron chi connectivity index (χ0n) is 10.5. The van der Waals surface area contributed by atoms with Gasteiger partial charge in [-0.15, -0.1) is 0 Å². The molecule has 0 heterocycles. The lowest BCUT2D eigenvalue weighted by Gasteiger charge is -2.06. The van der Waals surface area contributed by atoms with E-state index in [4.69, 9.17) is 0 Å². The molecule has 0 aliphatic heterocycles. The molecule has 0 radical (unpaired) electrons. The maximum atomic E-state index is 2.27. The fourth-order valence-corrected chi connectivity index (χ4v) is 2.00. The molecule has 0 fully saturated rings. The van der Waals surface area contributed by atoms with Crippen molar-refractivity contribution in [3.63, 3.8) is 0 Å². The number of rotatable bonds is 3. The van der Waals surface area contributed by atoms with Crippen LogP contribution in [0, 0.1) is 0 Å². The highest BCUT2D eigenvalue weighted by atomic mass is 14.0. The van der Waals surface area contributed by atoms with E-state index < -0.39 is 0 Å². The van der Waals surface area contributed by atoms with Crippen molar-refractivity contribution < 1.29 is 0 Å². The normalized spacial score (nSPS) is 11.5. The van der Waals surface area contributed by atoms with Gasteiger partial charge in [0.05, 0.1) is 0 Å². The minimum absolute atomic E-state index is 1.08.